The van der Waals surface area contributed by atoms with Gasteiger partial charge in [0, 0.05) is 13.1 Å². The summed E-state index contributed by atoms with van der Waals surface area (Å²) in [5.74, 6) is 0.887. The van der Waals surface area contributed by atoms with Crippen molar-refractivity contribution in [3.05, 3.63) is 0 Å². The van der Waals surface area contributed by atoms with E-state index in [4.69, 9.17) is 4.74 Å². The number of esters is 1. The second-order valence-electron chi connectivity index (χ2n) is 6.65. The van der Waals surface area contributed by atoms with E-state index in [0.717, 1.165) is 19.0 Å². The molecule has 0 amide bonds. The number of nitrogens with one attached hydrogen (secondary N) is 1. The first-order chi connectivity index (χ1) is 7.91. The molecule has 1 N–H and O–H groups in total. The van der Waals surface area contributed by atoms with E-state index in [0.29, 0.717) is 11.8 Å². The standard InChI is InChI=1S/C14H25NO2/c1-13(2,3)17-12(16)6-9-15-10-14(7-8-14)11-4-5-11/h11,15H,4-10H2,1-3H3. The van der Waals surface area contributed by atoms with Gasteiger partial charge in [0.25, 0.3) is 0 Å². The Kier molecular flexibility index (Phi) is 3.48. The van der Waals surface area contributed by atoms with Crippen molar-refractivity contribution >= 4 is 5.97 Å². The molecule has 0 saturated heterocycles. The normalized spacial score (nSPS) is 22.3. The highest BCUT2D eigenvalue weighted by molar-refractivity contribution is 5.70. The van der Waals surface area contributed by atoms with Gasteiger partial charge in [-0.3, -0.25) is 4.79 Å². The van der Waals surface area contributed by atoms with E-state index in [1.54, 1.807) is 0 Å². The van der Waals surface area contributed by atoms with Gasteiger partial charge in [-0.15, -0.1) is 0 Å². The second kappa shape index (κ2) is 4.60. The fraction of sp³-hybridized carbons (Fsp3) is 0.929. The molecule has 0 atom stereocenters. The largest absolute Gasteiger partial charge is 0.460 e. The molecule has 0 heterocycles. The Morgan fingerprint density at radius 1 is 1.35 bits per heavy atom. The minimum Gasteiger partial charge on any atom is -0.460 e. The zero-order valence-electron chi connectivity index (χ0n) is 11.3. The van der Waals surface area contributed by atoms with Crippen molar-refractivity contribution < 1.29 is 9.53 Å². The average Bonchev–Trinajstić information content (AvgIpc) is 3.00. The number of carbonyl (C=O) groups is 1. The molecule has 3 heteroatoms. The van der Waals surface area contributed by atoms with E-state index in [1.165, 1.54) is 25.7 Å². The predicted molar refractivity (Wildman–Crippen MR) is 67.7 cm³/mol. The van der Waals surface area contributed by atoms with Crippen LogP contribution in [-0.2, 0) is 9.53 Å². The third-order valence-corrected chi connectivity index (χ3v) is 3.74. The number of carbonyl (C=O) groups excluding carboxylic acids is 1. The summed E-state index contributed by atoms with van der Waals surface area (Å²) in [4.78, 5) is 11.5. The Labute approximate surface area is 104 Å². The van der Waals surface area contributed by atoms with Gasteiger partial charge in [-0.25, -0.2) is 0 Å². The number of ether oxygens (including phenoxy) is 1. The minimum absolute atomic E-state index is 0.0960. The average molecular weight is 239 g/mol. The molecule has 2 aliphatic rings. The van der Waals surface area contributed by atoms with Crippen molar-refractivity contribution in [3.63, 3.8) is 0 Å². The Morgan fingerprint density at radius 3 is 2.47 bits per heavy atom. The fourth-order valence-corrected chi connectivity index (χ4v) is 2.51. The molecule has 2 rings (SSSR count). The summed E-state index contributed by atoms with van der Waals surface area (Å²) in [5.41, 5.74) is 0.261. The van der Waals surface area contributed by atoms with Gasteiger partial charge in [-0.1, -0.05) is 0 Å². The molecule has 2 aliphatic carbocycles. The smallest absolute Gasteiger partial charge is 0.307 e. The van der Waals surface area contributed by atoms with E-state index in [1.807, 2.05) is 20.8 Å². The SMILES string of the molecule is CC(C)(C)OC(=O)CCNCC1(C2CC2)CC1. The summed E-state index contributed by atoms with van der Waals surface area (Å²) >= 11 is 0. The van der Waals surface area contributed by atoms with Crippen molar-refractivity contribution in [1.29, 1.82) is 0 Å². The second-order valence-corrected chi connectivity index (χ2v) is 6.65. The molecule has 0 aliphatic heterocycles. The van der Waals surface area contributed by atoms with Crippen LogP contribution in [0, 0.1) is 11.3 Å². The van der Waals surface area contributed by atoms with Crippen LogP contribution in [0.15, 0.2) is 0 Å². The lowest BCUT2D eigenvalue weighted by atomic mass is 10.0. The molecule has 0 aromatic rings. The summed E-state index contributed by atoms with van der Waals surface area (Å²) in [6.07, 6.45) is 6.10. The van der Waals surface area contributed by atoms with Crippen LogP contribution >= 0.6 is 0 Å². The van der Waals surface area contributed by atoms with Crippen LogP contribution in [0.3, 0.4) is 0 Å². The quantitative estimate of drug-likeness (QED) is 0.571. The van der Waals surface area contributed by atoms with Crippen molar-refractivity contribution in [2.45, 2.75) is 58.5 Å². The van der Waals surface area contributed by atoms with E-state index >= 15 is 0 Å². The first-order valence-electron chi connectivity index (χ1n) is 6.84. The molecule has 0 aromatic carbocycles. The number of hydrogen-bond donors (Lipinski definition) is 1. The highest BCUT2D eigenvalue weighted by Crippen LogP contribution is 2.60. The van der Waals surface area contributed by atoms with E-state index in [9.17, 15) is 4.79 Å². The van der Waals surface area contributed by atoms with Crippen LogP contribution in [0.25, 0.3) is 0 Å². The third kappa shape index (κ3) is 3.98. The Bertz CT molecular complexity index is 285. The van der Waals surface area contributed by atoms with Gasteiger partial charge in [0.1, 0.15) is 5.60 Å². The molecule has 17 heavy (non-hydrogen) atoms. The zero-order valence-corrected chi connectivity index (χ0v) is 11.3. The van der Waals surface area contributed by atoms with Crippen LogP contribution in [-0.4, -0.2) is 24.7 Å². The molecule has 0 aromatic heterocycles. The summed E-state index contributed by atoms with van der Waals surface area (Å²) in [6, 6.07) is 0. The summed E-state index contributed by atoms with van der Waals surface area (Å²) in [7, 11) is 0. The lowest BCUT2D eigenvalue weighted by Gasteiger charge is -2.20. The Hall–Kier alpha value is -0.570. The minimum atomic E-state index is -0.358. The van der Waals surface area contributed by atoms with Crippen LogP contribution in [0.1, 0.15) is 52.9 Å². The van der Waals surface area contributed by atoms with Gasteiger partial charge in [-0.05, 0) is 57.8 Å². The lowest BCUT2D eigenvalue weighted by Crippen LogP contribution is -2.30. The molecular weight excluding hydrogens is 214 g/mol. The van der Waals surface area contributed by atoms with Gasteiger partial charge in [0.15, 0.2) is 0 Å². The topological polar surface area (TPSA) is 38.3 Å². The van der Waals surface area contributed by atoms with Crippen molar-refractivity contribution in [3.8, 4) is 0 Å². The zero-order chi connectivity index (χ0) is 12.5. The maximum atomic E-state index is 11.5. The number of rotatable bonds is 6. The summed E-state index contributed by atoms with van der Waals surface area (Å²) in [6.45, 7) is 7.57. The highest BCUT2D eigenvalue weighted by atomic mass is 16.6. The maximum absolute atomic E-state index is 11.5. The molecule has 98 valence electrons. The molecular formula is C14H25NO2. The molecule has 0 spiro atoms. The number of hydrogen-bond acceptors (Lipinski definition) is 3. The first-order valence-corrected chi connectivity index (χ1v) is 6.84. The van der Waals surface area contributed by atoms with Crippen molar-refractivity contribution in [1.82, 2.24) is 5.32 Å². The maximum Gasteiger partial charge on any atom is 0.307 e. The Balaban J connectivity index is 1.56. The van der Waals surface area contributed by atoms with E-state index < -0.39 is 0 Å². The summed E-state index contributed by atoms with van der Waals surface area (Å²) in [5, 5.41) is 3.43. The molecule has 0 bridgehead atoms. The predicted octanol–water partition coefficient (Wildman–Crippen LogP) is 2.50. The van der Waals surface area contributed by atoms with E-state index in [2.05, 4.69) is 5.32 Å². The van der Waals surface area contributed by atoms with Gasteiger partial charge in [0.2, 0.25) is 0 Å². The molecule has 2 fully saturated rings. The summed E-state index contributed by atoms with van der Waals surface area (Å²) < 4.78 is 5.27. The van der Waals surface area contributed by atoms with Gasteiger partial charge >= 0.3 is 5.97 Å². The van der Waals surface area contributed by atoms with Gasteiger partial charge in [-0.2, -0.15) is 0 Å². The molecule has 0 unspecified atom stereocenters. The first kappa shape index (κ1) is 12.9. The van der Waals surface area contributed by atoms with Crippen LogP contribution in [0.2, 0.25) is 0 Å². The van der Waals surface area contributed by atoms with E-state index in [-0.39, 0.29) is 11.6 Å². The Morgan fingerprint density at radius 2 is 2.00 bits per heavy atom. The third-order valence-electron chi connectivity index (χ3n) is 3.74. The molecule has 3 nitrogen and oxygen atoms in total. The monoisotopic (exact) mass is 239 g/mol. The fourth-order valence-electron chi connectivity index (χ4n) is 2.51. The molecule has 2 saturated carbocycles. The van der Waals surface area contributed by atoms with Gasteiger partial charge < -0.3 is 10.1 Å². The van der Waals surface area contributed by atoms with Crippen molar-refractivity contribution in [2.75, 3.05) is 13.1 Å². The van der Waals surface area contributed by atoms with Crippen LogP contribution in [0.4, 0.5) is 0 Å². The molecule has 0 radical (unpaired) electrons. The van der Waals surface area contributed by atoms with Crippen LogP contribution in [0.5, 0.6) is 0 Å². The van der Waals surface area contributed by atoms with Crippen LogP contribution < -0.4 is 5.32 Å². The van der Waals surface area contributed by atoms with Crippen molar-refractivity contribution in [2.24, 2.45) is 11.3 Å². The van der Waals surface area contributed by atoms with Gasteiger partial charge in [0.05, 0.1) is 6.42 Å². The highest BCUT2D eigenvalue weighted by Gasteiger charge is 2.53. The lowest BCUT2D eigenvalue weighted by molar-refractivity contribution is -0.154.